The molecule has 3 nitrogen and oxygen atoms in total. The van der Waals surface area contributed by atoms with Gasteiger partial charge in [-0.3, -0.25) is 4.79 Å². The molecule has 0 fully saturated rings. The third kappa shape index (κ3) is 3.74. The molecule has 4 heteroatoms. The molecule has 0 aliphatic heterocycles. The molecule has 0 spiro atoms. The van der Waals surface area contributed by atoms with Crippen LogP contribution >= 0.6 is 11.8 Å². The molecule has 0 saturated heterocycles. The minimum atomic E-state index is -0.291. The lowest BCUT2D eigenvalue weighted by Crippen LogP contribution is -2.25. The van der Waals surface area contributed by atoms with Crippen molar-refractivity contribution < 1.29 is 9.90 Å². The van der Waals surface area contributed by atoms with Crippen LogP contribution in [0.5, 0.6) is 0 Å². The van der Waals surface area contributed by atoms with E-state index in [1.54, 1.807) is 0 Å². The summed E-state index contributed by atoms with van der Waals surface area (Å²) in [5.74, 6) is 0.294. The molecule has 1 amide bonds. The van der Waals surface area contributed by atoms with Gasteiger partial charge in [-0.1, -0.05) is 6.92 Å². The van der Waals surface area contributed by atoms with Gasteiger partial charge in [-0.25, -0.2) is 0 Å². The molecule has 0 rings (SSSR count). The van der Waals surface area contributed by atoms with Crippen LogP contribution in [-0.4, -0.2) is 28.6 Å². The van der Waals surface area contributed by atoms with Crippen molar-refractivity contribution in [3.8, 4) is 0 Å². The summed E-state index contributed by atoms with van der Waals surface area (Å²) in [5, 5.41) is 8.29. The Hall–Kier alpha value is -0.220. The molecule has 0 aliphatic rings. The van der Waals surface area contributed by atoms with Gasteiger partial charge in [-0.05, 0) is 6.42 Å². The van der Waals surface area contributed by atoms with Gasteiger partial charge in [0.2, 0.25) is 5.91 Å². The van der Waals surface area contributed by atoms with Gasteiger partial charge in [0.05, 0.1) is 11.9 Å². The Morgan fingerprint density at radius 2 is 2.40 bits per heavy atom. The first-order valence-electron chi connectivity index (χ1n) is 3.24. The van der Waals surface area contributed by atoms with Crippen LogP contribution in [0.4, 0.5) is 0 Å². The van der Waals surface area contributed by atoms with E-state index in [2.05, 4.69) is 0 Å². The van der Waals surface area contributed by atoms with Gasteiger partial charge in [0.1, 0.15) is 0 Å². The Bertz CT molecular complexity index is 108. The smallest absolute Gasteiger partial charge is 0.230 e. The molecule has 0 heterocycles. The van der Waals surface area contributed by atoms with Crippen molar-refractivity contribution >= 4 is 17.7 Å². The zero-order valence-corrected chi connectivity index (χ0v) is 6.86. The number of hydrogen-bond donors (Lipinski definition) is 2. The maximum Gasteiger partial charge on any atom is 0.230 e. The lowest BCUT2D eigenvalue weighted by atomic mass is 10.3. The van der Waals surface area contributed by atoms with Gasteiger partial charge in [-0.2, -0.15) is 0 Å². The second-order valence-electron chi connectivity index (χ2n) is 1.89. The topological polar surface area (TPSA) is 63.3 Å². The second-order valence-corrected chi connectivity index (χ2v) is 3.20. The van der Waals surface area contributed by atoms with Crippen LogP contribution in [0.1, 0.15) is 13.3 Å². The second kappa shape index (κ2) is 5.56. The molecule has 0 radical (unpaired) electrons. The first kappa shape index (κ1) is 9.78. The van der Waals surface area contributed by atoms with Crippen LogP contribution in [0.3, 0.4) is 0 Å². The first-order valence-corrected chi connectivity index (χ1v) is 4.29. The van der Waals surface area contributed by atoms with E-state index in [1.807, 2.05) is 6.92 Å². The maximum absolute atomic E-state index is 10.6. The highest BCUT2D eigenvalue weighted by atomic mass is 32.2. The van der Waals surface area contributed by atoms with Crippen LogP contribution in [0.25, 0.3) is 0 Å². The summed E-state index contributed by atoms with van der Waals surface area (Å²) in [6.45, 7) is 2.01. The number of thioether (sulfide) groups is 1. The molecule has 0 aromatic rings. The fourth-order valence-corrected chi connectivity index (χ4v) is 1.39. The molecule has 1 atom stereocenters. The van der Waals surface area contributed by atoms with Crippen molar-refractivity contribution in [1.82, 2.24) is 0 Å². The van der Waals surface area contributed by atoms with Gasteiger partial charge in [0, 0.05) is 5.75 Å². The molecule has 0 aliphatic carbocycles. The van der Waals surface area contributed by atoms with E-state index >= 15 is 0 Å². The third-order valence-electron chi connectivity index (χ3n) is 1.10. The van der Waals surface area contributed by atoms with Gasteiger partial charge >= 0.3 is 0 Å². The van der Waals surface area contributed by atoms with E-state index in [-0.39, 0.29) is 17.8 Å². The molecule has 0 bridgehead atoms. The molecule has 0 aromatic carbocycles. The zero-order valence-electron chi connectivity index (χ0n) is 6.04. The van der Waals surface area contributed by atoms with E-state index in [0.29, 0.717) is 5.75 Å². The number of carbonyl (C=O) groups is 1. The Kier molecular flexibility index (Phi) is 5.43. The fraction of sp³-hybridized carbons (Fsp3) is 0.833. The molecule has 0 aromatic heterocycles. The molecule has 0 saturated carbocycles. The average Bonchev–Trinajstić information content (AvgIpc) is 1.89. The Labute approximate surface area is 65.0 Å². The van der Waals surface area contributed by atoms with Crippen LogP contribution in [0.15, 0.2) is 0 Å². The quantitative estimate of drug-likeness (QED) is 0.598. The van der Waals surface area contributed by atoms with Gasteiger partial charge in [-0.15, -0.1) is 11.8 Å². The molecular weight excluding hydrogens is 150 g/mol. The van der Waals surface area contributed by atoms with Gasteiger partial charge < -0.3 is 10.8 Å². The minimum Gasteiger partial charge on any atom is -0.396 e. The standard InChI is InChI=1S/C6H13NO2S/c1-2-5(6(7)9)10-4-3-8/h5,8H,2-4H2,1H3,(H2,7,9). The summed E-state index contributed by atoms with van der Waals surface area (Å²) in [6, 6.07) is 0. The SMILES string of the molecule is CCC(SCCO)C(N)=O. The van der Waals surface area contributed by atoms with Gasteiger partial charge in [0.15, 0.2) is 0 Å². The van der Waals surface area contributed by atoms with Crippen molar-refractivity contribution in [2.24, 2.45) is 5.73 Å². The Morgan fingerprint density at radius 3 is 2.70 bits per heavy atom. The number of primary amides is 1. The number of amides is 1. The van der Waals surface area contributed by atoms with E-state index in [9.17, 15) is 4.79 Å². The molecule has 10 heavy (non-hydrogen) atoms. The summed E-state index contributed by atoms with van der Waals surface area (Å²) in [4.78, 5) is 10.6. The zero-order chi connectivity index (χ0) is 7.98. The fourth-order valence-electron chi connectivity index (χ4n) is 0.596. The molecular formula is C6H13NO2S. The summed E-state index contributed by atoms with van der Waals surface area (Å²) >= 11 is 1.41. The van der Waals surface area contributed by atoms with Crippen molar-refractivity contribution in [2.75, 3.05) is 12.4 Å². The van der Waals surface area contributed by atoms with Crippen molar-refractivity contribution in [2.45, 2.75) is 18.6 Å². The first-order chi connectivity index (χ1) is 4.72. The predicted molar refractivity (Wildman–Crippen MR) is 42.8 cm³/mol. The Morgan fingerprint density at radius 1 is 1.80 bits per heavy atom. The highest BCUT2D eigenvalue weighted by Gasteiger charge is 2.11. The summed E-state index contributed by atoms with van der Waals surface area (Å²) in [6.07, 6.45) is 0.736. The van der Waals surface area contributed by atoms with Crippen LogP contribution in [0.2, 0.25) is 0 Å². The van der Waals surface area contributed by atoms with Crippen molar-refractivity contribution in [3.63, 3.8) is 0 Å². The Balaban J connectivity index is 3.50. The number of carbonyl (C=O) groups excluding carboxylic acids is 1. The largest absolute Gasteiger partial charge is 0.396 e. The third-order valence-corrected chi connectivity index (χ3v) is 2.48. The minimum absolute atomic E-state index is 0.106. The highest BCUT2D eigenvalue weighted by Crippen LogP contribution is 2.12. The predicted octanol–water partition coefficient (Wildman–Crippen LogP) is -0.0242. The van der Waals surface area contributed by atoms with Crippen LogP contribution in [-0.2, 0) is 4.79 Å². The van der Waals surface area contributed by atoms with E-state index in [4.69, 9.17) is 10.8 Å². The lowest BCUT2D eigenvalue weighted by molar-refractivity contribution is -0.117. The number of nitrogens with two attached hydrogens (primary N) is 1. The number of aliphatic hydroxyl groups excluding tert-OH is 1. The van der Waals surface area contributed by atoms with E-state index in [0.717, 1.165) is 6.42 Å². The van der Waals surface area contributed by atoms with Crippen LogP contribution < -0.4 is 5.73 Å². The summed E-state index contributed by atoms with van der Waals surface area (Å²) < 4.78 is 0. The number of rotatable bonds is 5. The molecule has 60 valence electrons. The summed E-state index contributed by atoms with van der Waals surface area (Å²) in [7, 11) is 0. The number of aliphatic hydroxyl groups is 1. The molecule has 3 N–H and O–H groups in total. The van der Waals surface area contributed by atoms with E-state index < -0.39 is 0 Å². The van der Waals surface area contributed by atoms with Crippen molar-refractivity contribution in [1.29, 1.82) is 0 Å². The number of hydrogen-bond acceptors (Lipinski definition) is 3. The van der Waals surface area contributed by atoms with E-state index in [1.165, 1.54) is 11.8 Å². The highest BCUT2D eigenvalue weighted by molar-refractivity contribution is 8.00. The van der Waals surface area contributed by atoms with Gasteiger partial charge in [0.25, 0.3) is 0 Å². The van der Waals surface area contributed by atoms with Crippen molar-refractivity contribution in [3.05, 3.63) is 0 Å². The monoisotopic (exact) mass is 163 g/mol. The normalized spacial score (nSPS) is 13.0. The maximum atomic E-state index is 10.6. The average molecular weight is 163 g/mol. The van der Waals surface area contributed by atoms with Crippen LogP contribution in [0, 0.1) is 0 Å². The summed E-state index contributed by atoms with van der Waals surface area (Å²) in [5.41, 5.74) is 5.05. The lowest BCUT2D eigenvalue weighted by Gasteiger charge is -2.07. The molecule has 1 unspecified atom stereocenters.